The maximum Gasteiger partial charge on any atom is 0.363 e. The van der Waals surface area contributed by atoms with Gasteiger partial charge in [-0.25, -0.2) is 9.79 Å². The number of hydrogen-bond donors (Lipinski definition) is 0. The summed E-state index contributed by atoms with van der Waals surface area (Å²) in [5.41, 5.74) is 1.41. The van der Waals surface area contributed by atoms with E-state index in [2.05, 4.69) is 50.2 Å². The molecular weight excluding hydrogens is 720 g/mol. The normalized spacial score (nSPS) is 13.9. The SMILES string of the molecule is O=C1OC(c2ccc([N+](=O)[O-])cc2Cl)=N/C1=C\c1cc(I)c(OCc2cccc([N+](=O)[O-])c2)c(I)c1. The Morgan fingerprint density at radius 3 is 2.31 bits per heavy atom. The van der Waals surface area contributed by atoms with Gasteiger partial charge < -0.3 is 9.47 Å². The maximum atomic E-state index is 12.4. The van der Waals surface area contributed by atoms with Gasteiger partial charge in [-0.05, 0) is 80.6 Å². The first-order chi connectivity index (χ1) is 17.1. The zero-order chi connectivity index (χ0) is 26.0. The molecule has 4 rings (SSSR count). The molecule has 3 aromatic rings. The number of ether oxygens (including phenoxy) is 2. The predicted octanol–water partition coefficient (Wildman–Crippen LogP) is 6.29. The number of hydrogen-bond acceptors (Lipinski definition) is 8. The van der Waals surface area contributed by atoms with Crippen molar-refractivity contribution >= 4 is 86.1 Å². The molecule has 0 atom stereocenters. The van der Waals surface area contributed by atoms with Crippen LogP contribution in [0.15, 0.2) is 65.3 Å². The number of nitro groups is 2. The number of carbonyl (C=O) groups is 1. The second kappa shape index (κ2) is 10.9. The monoisotopic (exact) mass is 731 g/mol. The van der Waals surface area contributed by atoms with E-state index in [0.29, 0.717) is 16.9 Å². The van der Waals surface area contributed by atoms with Crippen molar-refractivity contribution in [3.63, 3.8) is 0 Å². The summed E-state index contributed by atoms with van der Waals surface area (Å²) in [5.74, 6) is -0.136. The summed E-state index contributed by atoms with van der Waals surface area (Å²) in [5, 5.41) is 21.9. The molecule has 0 saturated carbocycles. The minimum absolute atomic E-state index is 0.0131. The molecule has 1 aliphatic heterocycles. The Bertz CT molecular complexity index is 1470. The third-order valence-corrected chi connectivity index (χ3v) is 6.76. The molecule has 10 nitrogen and oxygen atoms in total. The molecule has 0 N–H and O–H groups in total. The number of esters is 1. The fourth-order valence-corrected chi connectivity index (χ4v) is 5.57. The fraction of sp³-hybridized carbons (Fsp3) is 0.0435. The highest BCUT2D eigenvalue weighted by atomic mass is 127. The van der Waals surface area contributed by atoms with E-state index in [1.807, 2.05) is 0 Å². The van der Waals surface area contributed by atoms with Crippen LogP contribution >= 0.6 is 56.8 Å². The Balaban J connectivity index is 1.55. The summed E-state index contributed by atoms with van der Waals surface area (Å²) in [7, 11) is 0. The van der Waals surface area contributed by atoms with Gasteiger partial charge in [0.2, 0.25) is 5.90 Å². The van der Waals surface area contributed by atoms with Gasteiger partial charge in [-0.1, -0.05) is 23.7 Å². The van der Waals surface area contributed by atoms with E-state index < -0.39 is 15.8 Å². The molecule has 0 spiro atoms. The standard InChI is InChI=1S/C23H12ClI2N3O7/c24-17-10-15(29(33)34)4-5-16(17)22-27-20(23(30)36-22)9-13-7-18(25)21(19(26)8-13)35-11-12-2-1-3-14(6-12)28(31)32/h1-10H,11H2/b20-9-. The summed E-state index contributed by atoms with van der Waals surface area (Å²) in [6.07, 6.45) is 1.54. The number of nitro benzene ring substituents is 2. The van der Waals surface area contributed by atoms with Gasteiger partial charge in [-0.2, -0.15) is 0 Å². The molecule has 0 unspecified atom stereocenters. The largest absolute Gasteiger partial charge is 0.487 e. The molecule has 0 aromatic heterocycles. The lowest BCUT2D eigenvalue weighted by molar-refractivity contribution is -0.385. The van der Waals surface area contributed by atoms with Gasteiger partial charge in [0.1, 0.15) is 12.4 Å². The highest BCUT2D eigenvalue weighted by Gasteiger charge is 2.26. The molecule has 0 bridgehead atoms. The van der Waals surface area contributed by atoms with E-state index in [0.717, 1.165) is 13.2 Å². The third-order valence-electron chi connectivity index (χ3n) is 4.84. The number of rotatable bonds is 7. The molecule has 3 aromatic carbocycles. The Morgan fingerprint density at radius 2 is 1.67 bits per heavy atom. The number of non-ortho nitro benzene ring substituents is 2. The Hall–Kier alpha value is -3.11. The molecule has 13 heteroatoms. The molecule has 0 radical (unpaired) electrons. The first kappa shape index (κ1) is 26.0. The Labute approximate surface area is 235 Å². The second-order valence-corrected chi connectivity index (χ2v) is 10.0. The first-order valence-corrected chi connectivity index (χ1v) is 12.5. The van der Waals surface area contributed by atoms with Crippen molar-refractivity contribution in [3.8, 4) is 5.75 Å². The highest BCUT2D eigenvalue weighted by molar-refractivity contribution is 14.1. The number of nitrogens with zero attached hydrogens (tertiary/aromatic N) is 3. The molecule has 0 amide bonds. The van der Waals surface area contributed by atoms with Crippen LogP contribution in [0.25, 0.3) is 6.08 Å². The molecule has 36 heavy (non-hydrogen) atoms. The van der Waals surface area contributed by atoms with Crippen molar-refractivity contribution in [2.75, 3.05) is 0 Å². The summed E-state index contributed by atoms with van der Waals surface area (Å²) in [4.78, 5) is 37.4. The van der Waals surface area contributed by atoms with Crippen LogP contribution in [0.5, 0.6) is 5.75 Å². The van der Waals surface area contributed by atoms with Crippen LogP contribution in [0.3, 0.4) is 0 Å². The van der Waals surface area contributed by atoms with Crippen LogP contribution < -0.4 is 4.74 Å². The van der Waals surface area contributed by atoms with E-state index in [1.54, 1.807) is 30.3 Å². The number of aliphatic imine (C=N–C) groups is 1. The molecule has 1 aliphatic rings. The summed E-state index contributed by atoms with van der Waals surface area (Å²) >= 11 is 10.3. The van der Waals surface area contributed by atoms with E-state index >= 15 is 0 Å². The van der Waals surface area contributed by atoms with Crippen LogP contribution in [0.2, 0.25) is 5.02 Å². The van der Waals surface area contributed by atoms with Crippen molar-refractivity contribution < 1.29 is 24.1 Å². The quantitative estimate of drug-likeness (QED) is 0.0917. The van der Waals surface area contributed by atoms with Crippen LogP contribution in [-0.4, -0.2) is 21.7 Å². The topological polar surface area (TPSA) is 134 Å². The zero-order valence-corrected chi connectivity index (χ0v) is 22.9. The molecule has 0 fully saturated rings. The minimum Gasteiger partial charge on any atom is -0.487 e. The molecule has 182 valence electrons. The van der Waals surface area contributed by atoms with Gasteiger partial charge in [0.05, 0.1) is 27.6 Å². The van der Waals surface area contributed by atoms with Crippen molar-refractivity contribution in [1.82, 2.24) is 0 Å². The lowest BCUT2D eigenvalue weighted by Gasteiger charge is -2.11. The van der Waals surface area contributed by atoms with Crippen molar-refractivity contribution in [2.24, 2.45) is 4.99 Å². The first-order valence-electron chi connectivity index (χ1n) is 9.94. The fourth-order valence-electron chi connectivity index (χ4n) is 3.19. The number of carbonyl (C=O) groups excluding carboxylic acids is 1. The summed E-state index contributed by atoms with van der Waals surface area (Å²) in [6, 6.07) is 13.6. The lowest BCUT2D eigenvalue weighted by atomic mass is 10.2. The Morgan fingerprint density at radius 1 is 1.00 bits per heavy atom. The van der Waals surface area contributed by atoms with Gasteiger partial charge in [0.15, 0.2) is 5.70 Å². The average molecular weight is 732 g/mol. The van der Waals surface area contributed by atoms with Crippen LogP contribution in [-0.2, 0) is 16.1 Å². The Kier molecular flexibility index (Phi) is 7.85. The van der Waals surface area contributed by atoms with E-state index in [9.17, 15) is 25.0 Å². The van der Waals surface area contributed by atoms with E-state index in [4.69, 9.17) is 21.1 Å². The van der Waals surface area contributed by atoms with Crippen molar-refractivity contribution in [3.05, 3.63) is 109 Å². The van der Waals surface area contributed by atoms with Gasteiger partial charge in [0, 0.05) is 24.3 Å². The predicted molar refractivity (Wildman–Crippen MR) is 148 cm³/mol. The molecule has 1 heterocycles. The van der Waals surface area contributed by atoms with Gasteiger partial charge in [-0.3, -0.25) is 20.2 Å². The van der Waals surface area contributed by atoms with Gasteiger partial charge in [-0.15, -0.1) is 0 Å². The second-order valence-electron chi connectivity index (χ2n) is 7.29. The van der Waals surface area contributed by atoms with Crippen LogP contribution in [0.1, 0.15) is 16.7 Å². The minimum atomic E-state index is -0.685. The van der Waals surface area contributed by atoms with Gasteiger partial charge >= 0.3 is 5.97 Å². The van der Waals surface area contributed by atoms with Crippen LogP contribution in [0.4, 0.5) is 11.4 Å². The summed E-state index contributed by atoms with van der Waals surface area (Å²) < 4.78 is 12.6. The van der Waals surface area contributed by atoms with E-state index in [-0.39, 0.29) is 40.2 Å². The third kappa shape index (κ3) is 5.82. The number of halogens is 3. The van der Waals surface area contributed by atoms with Crippen molar-refractivity contribution in [1.29, 1.82) is 0 Å². The zero-order valence-electron chi connectivity index (χ0n) is 17.8. The summed E-state index contributed by atoms with van der Waals surface area (Å²) in [6.45, 7) is 0.143. The van der Waals surface area contributed by atoms with Gasteiger partial charge in [0.25, 0.3) is 11.4 Å². The average Bonchev–Trinajstić information content (AvgIpc) is 3.18. The molecule has 0 saturated heterocycles. The lowest BCUT2D eigenvalue weighted by Crippen LogP contribution is -2.06. The number of cyclic esters (lactones) is 1. The van der Waals surface area contributed by atoms with Crippen molar-refractivity contribution in [2.45, 2.75) is 6.61 Å². The smallest absolute Gasteiger partial charge is 0.363 e. The number of benzene rings is 3. The van der Waals surface area contributed by atoms with E-state index in [1.165, 1.54) is 24.3 Å². The molecule has 0 aliphatic carbocycles. The molecular formula is C23H12ClI2N3O7. The maximum absolute atomic E-state index is 12.4. The van der Waals surface area contributed by atoms with Crippen LogP contribution in [0, 0.1) is 27.4 Å². The highest BCUT2D eigenvalue weighted by Crippen LogP contribution is 2.32.